The topological polar surface area (TPSA) is 12.0 Å². The van der Waals surface area contributed by atoms with E-state index in [-0.39, 0.29) is 0 Å². The summed E-state index contributed by atoms with van der Waals surface area (Å²) in [5, 5.41) is 3.18. The molecule has 1 aliphatic heterocycles. The molecule has 0 aliphatic carbocycles. The van der Waals surface area contributed by atoms with Crippen molar-refractivity contribution in [2.24, 2.45) is 0 Å². The summed E-state index contributed by atoms with van der Waals surface area (Å²) in [7, 11) is 0. The number of dihydropyridines is 1. The highest BCUT2D eigenvalue weighted by Crippen LogP contribution is 2.13. The van der Waals surface area contributed by atoms with Crippen molar-refractivity contribution in [3.05, 3.63) is 23.4 Å². The van der Waals surface area contributed by atoms with Crippen LogP contribution in [0.5, 0.6) is 0 Å². The zero-order chi connectivity index (χ0) is 6.69. The lowest BCUT2D eigenvalue weighted by Crippen LogP contribution is -2.11. The second kappa shape index (κ2) is 2.72. The van der Waals surface area contributed by atoms with Gasteiger partial charge >= 0.3 is 0 Å². The minimum absolute atomic E-state index is 0.995. The molecule has 0 aromatic heterocycles. The Morgan fingerprint density at radius 3 is 2.89 bits per heavy atom. The van der Waals surface area contributed by atoms with Crippen LogP contribution in [0.25, 0.3) is 0 Å². The Balaban J connectivity index is 2.68. The lowest BCUT2D eigenvalue weighted by molar-refractivity contribution is 0.908. The van der Waals surface area contributed by atoms with Gasteiger partial charge in [-0.2, -0.15) is 0 Å². The Morgan fingerprint density at radius 1 is 1.67 bits per heavy atom. The SMILES string of the molecule is CCC1=CNCC=C1C. The van der Waals surface area contributed by atoms with Crippen LogP contribution in [0, 0.1) is 0 Å². The Bertz CT molecular complexity index is 154. The lowest BCUT2D eigenvalue weighted by atomic mass is 10.0. The third-order valence-corrected chi connectivity index (χ3v) is 1.69. The van der Waals surface area contributed by atoms with Gasteiger partial charge in [0.1, 0.15) is 0 Å². The normalized spacial score (nSPS) is 18.0. The second-order valence-corrected chi connectivity index (χ2v) is 2.32. The highest BCUT2D eigenvalue weighted by molar-refractivity contribution is 5.30. The minimum atomic E-state index is 0.995. The molecule has 0 fully saturated rings. The second-order valence-electron chi connectivity index (χ2n) is 2.32. The van der Waals surface area contributed by atoms with E-state index in [0.717, 1.165) is 13.0 Å². The molecular formula is C8H13N. The first kappa shape index (κ1) is 6.40. The quantitative estimate of drug-likeness (QED) is 0.561. The van der Waals surface area contributed by atoms with Crippen molar-refractivity contribution in [1.29, 1.82) is 0 Å². The van der Waals surface area contributed by atoms with E-state index in [0.29, 0.717) is 0 Å². The Morgan fingerprint density at radius 2 is 2.44 bits per heavy atom. The van der Waals surface area contributed by atoms with Crippen LogP contribution in [0.15, 0.2) is 23.4 Å². The molecule has 50 valence electrons. The lowest BCUT2D eigenvalue weighted by Gasteiger charge is -2.11. The summed E-state index contributed by atoms with van der Waals surface area (Å²) >= 11 is 0. The molecule has 0 saturated heterocycles. The van der Waals surface area contributed by atoms with Gasteiger partial charge in [0.15, 0.2) is 0 Å². The molecule has 1 rings (SSSR count). The molecule has 0 aromatic carbocycles. The van der Waals surface area contributed by atoms with Gasteiger partial charge in [0.05, 0.1) is 0 Å². The van der Waals surface area contributed by atoms with E-state index in [9.17, 15) is 0 Å². The maximum atomic E-state index is 3.18. The molecular weight excluding hydrogens is 110 g/mol. The van der Waals surface area contributed by atoms with E-state index in [1.807, 2.05) is 0 Å². The molecule has 1 heteroatoms. The summed E-state index contributed by atoms with van der Waals surface area (Å²) in [4.78, 5) is 0. The first-order valence-corrected chi connectivity index (χ1v) is 3.44. The van der Waals surface area contributed by atoms with Gasteiger partial charge in [0.25, 0.3) is 0 Å². The fourth-order valence-corrected chi connectivity index (χ4v) is 1.02. The van der Waals surface area contributed by atoms with Crippen LogP contribution in [0.2, 0.25) is 0 Å². The van der Waals surface area contributed by atoms with Crippen LogP contribution in [0.4, 0.5) is 0 Å². The van der Waals surface area contributed by atoms with Gasteiger partial charge in [-0.25, -0.2) is 0 Å². The monoisotopic (exact) mass is 123 g/mol. The summed E-state index contributed by atoms with van der Waals surface area (Å²) in [6.45, 7) is 5.33. The van der Waals surface area contributed by atoms with Crippen molar-refractivity contribution in [2.45, 2.75) is 20.3 Å². The number of rotatable bonds is 1. The van der Waals surface area contributed by atoms with E-state index in [4.69, 9.17) is 0 Å². The summed E-state index contributed by atoms with van der Waals surface area (Å²) < 4.78 is 0. The molecule has 0 bridgehead atoms. The molecule has 9 heavy (non-hydrogen) atoms. The fourth-order valence-electron chi connectivity index (χ4n) is 1.02. The predicted molar refractivity (Wildman–Crippen MR) is 40.1 cm³/mol. The molecule has 0 radical (unpaired) electrons. The summed E-state index contributed by atoms with van der Waals surface area (Å²) in [6, 6.07) is 0. The molecule has 1 N–H and O–H groups in total. The van der Waals surface area contributed by atoms with Crippen LogP contribution < -0.4 is 5.32 Å². The first-order valence-electron chi connectivity index (χ1n) is 3.44. The van der Waals surface area contributed by atoms with Gasteiger partial charge in [0, 0.05) is 12.7 Å². The van der Waals surface area contributed by atoms with Crippen molar-refractivity contribution in [3.63, 3.8) is 0 Å². The molecule has 1 aliphatic rings. The molecule has 0 aromatic rings. The Labute approximate surface area is 56.5 Å². The van der Waals surface area contributed by atoms with Gasteiger partial charge in [-0.3, -0.25) is 0 Å². The van der Waals surface area contributed by atoms with Gasteiger partial charge < -0.3 is 5.32 Å². The van der Waals surface area contributed by atoms with Crippen molar-refractivity contribution >= 4 is 0 Å². The summed E-state index contributed by atoms with van der Waals surface area (Å²) in [6.07, 6.45) is 5.46. The highest BCUT2D eigenvalue weighted by atomic mass is 14.8. The first-order chi connectivity index (χ1) is 4.34. The fraction of sp³-hybridized carbons (Fsp3) is 0.500. The van der Waals surface area contributed by atoms with Crippen LogP contribution in [-0.4, -0.2) is 6.54 Å². The smallest absolute Gasteiger partial charge is 0.0331 e. The average molecular weight is 123 g/mol. The maximum Gasteiger partial charge on any atom is 0.0331 e. The number of hydrogen-bond acceptors (Lipinski definition) is 1. The summed E-state index contributed by atoms with van der Waals surface area (Å²) in [5.41, 5.74) is 2.86. The molecule has 1 heterocycles. The molecule has 0 saturated carbocycles. The third-order valence-electron chi connectivity index (χ3n) is 1.69. The third kappa shape index (κ3) is 1.35. The largest absolute Gasteiger partial charge is 0.387 e. The Kier molecular flexibility index (Phi) is 1.93. The number of hydrogen-bond donors (Lipinski definition) is 1. The number of allylic oxidation sites excluding steroid dienone is 2. The van der Waals surface area contributed by atoms with Gasteiger partial charge in [-0.05, 0) is 24.5 Å². The standard InChI is InChI=1S/C8H13N/c1-3-8-6-9-5-4-7(8)2/h4,6,9H,3,5H2,1-2H3. The zero-order valence-corrected chi connectivity index (χ0v) is 6.07. The van der Waals surface area contributed by atoms with Crippen molar-refractivity contribution < 1.29 is 0 Å². The minimum Gasteiger partial charge on any atom is -0.387 e. The molecule has 0 spiro atoms. The van der Waals surface area contributed by atoms with E-state index >= 15 is 0 Å². The maximum absolute atomic E-state index is 3.18. The van der Waals surface area contributed by atoms with E-state index in [1.165, 1.54) is 11.1 Å². The highest BCUT2D eigenvalue weighted by Gasteiger charge is 1.99. The van der Waals surface area contributed by atoms with Crippen LogP contribution in [0.3, 0.4) is 0 Å². The van der Waals surface area contributed by atoms with Gasteiger partial charge in [-0.1, -0.05) is 13.0 Å². The van der Waals surface area contributed by atoms with Gasteiger partial charge in [-0.15, -0.1) is 0 Å². The zero-order valence-electron chi connectivity index (χ0n) is 6.07. The van der Waals surface area contributed by atoms with Gasteiger partial charge in [0.2, 0.25) is 0 Å². The molecule has 1 nitrogen and oxygen atoms in total. The van der Waals surface area contributed by atoms with Crippen LogP contribution in [0.1, 0.15) is 20.3 Å². The van der Waals surface area contributed by atoms with Crippen molar-refractivity contribution in [3.8, 4) is 0 Å². The Hall–Kier alpha value is -0.720. The van der Waals surface area contributed by atoms with E-state index in [2.05, 4.69) is 31.4 Å². The molecule has 0 amide bonds. The van der Waals surface area contributed by atoms with Crippen molar-refractivity contribution in [1.82, 2.24) is 5.32 Å². The van der Waals surface area contributed by atoms with E-state index in [1.54, 1.807) is 0 Å². The molecule has 0 unspecified atom stereocenters. The van der Waals surface area contributed by atoms with Crippen LogP contribution in [-0.2, 0) is 0 Å². The van der Waals surface area contributed by atoms with E-state index < -0.39 is 0 Å². The number of nitrogens with one attached hydrogen (secondary N) is 1. The predicted octanol–water partition coefficient (Wildman–Crippen LogP) is 1.83. The molecule has 0 atom stereocenters. The van der Waals surface area contributed by atoms with Crippen LogP contribution >= 0.6 is 0 Å². The summed E-state index contributed by atoms with van der Waals surface area (Å²) in [5.74, 6) is 0. The average Bonchev–Trinajstić information content (AvgIpc) is 1.89. The van der Waals surface area contributed by atoms with Crippen molar-refractivity contribution in [2.75, 3.05) is 6.54 Å².